The van der Waals surface area contributed by atoms with E-state index in [1.807, 2.05) is 32.8 Å². The van der Waals surface area contributed by atoms with Gasteiger partial charge in [-0.2, -0.15) is 12.6 Å². The van der Waals surface area contributed by atoms with Crippen LogP contribution in [-0.2, 0) is 4.79 Å². The van der Waals surface area contributed by atoms with E-state index in [1.165, 1.54) is 0 Å². The molecule has 3 nitrogen and oxygen atoms in total. The van der Waals surface area contributed by atoms with Gasteiger partial charge in [-0.25, -0.2) is 0 Å². The minimum Gasteiger partial charge on any atom is -0.355 e. The molecule has 4 heteroatoms. The Bertz CT molecular complexity index is 160. The Labute approximate surface area is 86.3 Å². The number of amides is 1. The maximum Gasteiger partial charge on any atom is 0.223 e. The summed E-state index contributed by atoms with van der Waals surface area (Å²) in [6, 6.07) is 0. The van der Waals surface area contributed by atoms with Crippen LogP contribution in [0.25, 0.3) is 0 Å². The van der Waals surface area contributed by atoms with E-state index in [2.05, 4.69) is 17.9 Å². The zero-order valence-corrected chi connectivity index (χ0v) is 9.77. The molecule has 0 aromatic heterocycles. The summed E-state index contributed by atoms with van der Waals surface area (Å²) in [7, 11) is 3.97. The van der Waals surface area contributed by atoms with E-state index in [-0.39, 0.29) is 17.1 Å². The molecule has 0 spiro atoms. The third-order valence-corrected chi connectivity index (χ3v) is 2.44. The smallest absolute Gasteiger partial charge is 0.223 e. The lowest BCUT2D eigenvalue weighted by atomic mass is 10.1. The number of carbonyl (C=O) groups excluding carboxylic acids is 1. The average molecular weight is 204 g/mol. The second-order valence-electron chi connectivity index (χ2n) is 3.62. The lowest BCUT2D eigenvalue weighted by molar-refractivity contribution is -0.124. The Kier molecular flexibility index (Phi) is 6.16. The minimum absolute atomic E-state index is 0.0227. The van der Waals surface area contributed by atoms with E-state index in [9.17, 15) is 4.79 Å². The van der Waals surface area contributed by atoms with E-state index in [4.69, 9.17) is 0 Å². The molecule has 78 valence electrons. The van der Waals surface area contributed by atoms with Crippen LogP contribution >= 0.6 is 12.6 Å². The first-order chi connectivity index (χ1) is 5.95. The molecular formula is C9H20N2OS. The molecule has 0 radical (unpaired) electrons. The van der Waals surface area contributed by atoms with E-state index < -0.39 is 0 Å². The molecule has 0 saturated heterocycles. The molecule has 0 aliphatic rings. The van der Waals surface area contributed by atoms with Crippen LogP contribution in [0.4, 0.5) is 0 Å². The molecule has 1 amide bonds. The monoisotopic (exact) mass is 204 g/mol. The largest absolute Gasteiger partial charge is 0.355 e. The summed E-state index contributed by atoms with van der Waals surface area (Å²) in [5.74, 6) is 0.0647. The summed E-state index contributed by atoms with van der Waals surface area (Å²) in [5.41, 5.74) is 0. The summed E-state index contributed by atoms with van der Waals surface area (Å²) in [6.45, 7) is 5.40. The van der Waals surface area contributed by atoms with Crippen molar-refractivity contribution in [3.63, 3.8) is 0 Å². The van der Waals surface area contributed by atoms with Crippen molar-refractivity contribution in [2.45, 2.75) is 19.1 Å². The second kappa shape index (κ2) is 6.27. The van der Waals surface area contributed by atoms with Crippen molar-refractivity contribution < 1.29 is 4.79 Å². The molecule has 0 aromatic rings. The van der Waals surface area contributed by atoms with E-state index >= 15 is 0 Å². The Morgan fingerprint density at radius 2 is 2.00 bits per heavy atom. The van der Waals surface area contributed by atoms with Crippen molar-refractivity contribution in [1.82, 2.24) is 10.2 Å². The minimum atomic E-state index is -0.0227. The quantitative estimate of drug-likeness (QED) is 0.644. The van der Waals surface area contributed by atoms with Gasteiger partial charge in [0.05, 0.1) is 0 Å². The number of rotatable bonds is 5. The molecule has 0 aromatic carbocycles. The number of carbonyl (C=O) groups is 1. The number of hydrogen-bond donors (Lipinski definition) is 2. The zero-order valence-electron chi connectivity index (χ0n) is 8.87. The Balaban J connectivity index is 3.62. The molecule has 0 saturated carbocycles. The van der Waals surface area contributed by atoms with Crippen LogP contribution in [-0.4, -0.2) is 43.2 Å². The fourth-order valence-electron chi connectivity index (χ4n) is 0.783. The van der Waals surface area contributed by atoms with Crippen molar-refractivity contribution in [3.05, 3.63) is 0 Å². The van der Waals surface area contributed by atoms with Gasteiger partial charge in [-0.3, -0.25) is 4.79 Å². The molecule has 0 rings (SSSR count). The lowest BCUT2D eigenvalue weighted by Crippen LogP contribution is -2.37. The van der Waals surface area contributed by atoms with Gasteiger partial charge in [0.15, 0.2) is 0 Å². The number of thiol groups is 1. The van der Waals surface area contributed by atoms with Gasteiger partial charge in [-0.1, -0.05) is 13.8 Å². The molecular weight excluding hydrogens is 184 g/mol. The normalized spacial score (nSPS) is 15.5. The highest BCUT2D eigenvalue weighted by molar-refractivity contribution is 7.81. The predicted molar refractivity (Wildman–Crippen MR) is 59.2 cm³/mol. The summed E-state index contributed by atoms with van der Waals surface area (Å²) in [6.07, 6.45) is 0. The van der Waals surface area contributed by atoms with Crippen molar-refractivity contribution in [3.8, 4) is 0 Å². The molecule has 13 heavy (non-hydrogen) atoms. The zero-order chi connectivity index (χ0) is 10.4. The van der Waals surface area contributed by atoms with Crippen LogP contribution in [0.15, 0.2) is 0 Å². The molecule has 2 atom stereocenters. The first-order valence-corrected chi connectivity index (χ1v) is 5.07. The number of nitrogens with one attached hydrogen (secondary N) is 1. The molecule has 0 aliphatic heterocycles. The highest BCUT2D eigenvalue weighted by Crippen LogP contribution is 2.07. The highest BCUT2D eigenvalue weighted by atomic mass is 32.1. The van der Waals surface area contributed by atoms with Gasteiger partial charge in [0.2, 0.25) is 5.91 Å². The highest BCUT2D eigenvalue weighted by Gasteiger charge is 2.16. The number of hydrogen-bond acceptors (Lipinski definition) is 3. The molecule has 0 bridgehead atoms. The van der Waals surface area contributed by atoms with Gasteiger partial charge in [-0.15, -0.1) is 0 Å². The summed E-state index contributed by atoms with van der Waals surface area (Å²) < 4.78 is 0. The van der Waals surface area contributed by atoms with Gasteiger partial charge in [0.1, 0.15) is 0 Å². The van der Waals surface area contributed by atoms with Crippen LogP contribution in [0.1, 0.15) is 13.8 Å². The molecule has 2 unspecified atom stereocenters. The van der Waals surface area contributed by atoms with Crippen molar-refractivity contribution in [2.24, 2.45) is 5.92 Å². The first kappa shape index (κ1) is 12.8. The first-order valence-electron chi connectivity index (χ1n) is 4.55. The fourth-order valence-corrected chi connectivity index (χ4v) is 0.918. The van der Waals surface area contributed by atoms with E-state index in [1.54, 1.807) is 0 Å². The molecule has 0 aliphatic carbocycles. The summed E-state index contributed by atoms with van der Waals surface area (Å²) in [5, 5.41) is 2.98. The van der Waals surface area contributed by atoms with Crippen LogP contribution in [0, 0.1) is 5.92 Å². The van der Waals surface area contributed by atoms with Gasteiger partial charge in [0.25, 0.3) is 0 Å². The van der Waals surface area contributed by atoms with Crippen LogP contribution in [0.3, 0.4) is 0 Å². The van der Waals surface area contributed by atoms with Crippen LogP contribution < -0.4 is 5.32 Å². The maximum absolute atomic E-state index is 11.4. The SMILES string of the molecule is CC(S)C(C)C(=O)NCCN(C)C. The van der Waals surface area contributed by atoms with Crippen LogP contribution in [0.5, 0.6) is 0 Å². The molecule has 1 N–H and O–H groups in total. The van der Waals surface area contributed by atoms with Crippen LogP contribution in [0.2, 0.25) is 0 Å². The van der Waals surface area contributed by atoms with Crippen molar-refractivity contribution >= 4 is 18.5 Å². The number of likely N-dealkylation sites (N-methyl/N-ethyl adjacent to an activating group) is 1. The Morgan fingerprint density at radius 1 is 1.46 bits per heavy atom. The standard InChI is InChI=1S/C9H20N2OS/c1-7(8(2)13)9(12)10-5-6-11(3)4/h7-8,13H,5-6H2,1-4H3,(H,10,12). The molecule has 0 heterocycles. The number of nitrogens with zero attached hydrogens (tertiary/aromatic N) is 1. The lowest BCUT2D eigenvalue weighted by Gasteiger charge is -2.16. The van der Waals surface area contributed by atoms with Gasteiger partial charge < -0.3 is 10.2 Å². The molecule has 0 fully saturated rings. The third kappa shape index (κ3) is 5.93. The van der Waals surface area contributed by atoms with Crippen molar-refractivity contribution in [2.75, 3.05) is 27.2 Å². The van der Waals surface area contributed by atoms with Gasteiger partial charge in [0, 0.05) is 24.3 Å². The van der Waals surface area contributed by atoms with Gasteiger partial charge >= 0.3 is 0 Å². The average Bonchev–Trinajstić information content (AvgIpc) is 2.02. The second-order valence-corrected chi connectivity index (χ2v) is 4.44. The summed E-state index contributed by atoms with van der Waals surface area (Å²) in [4.78, 5) is 13.4. The Morgan fingerprint density at radius 3 is 2.38 bits per heavy atom. The van der Waals surface area contributed by atoms with Crippen molar-refractivity contribution in [1.29, 1.82) is 0 Å². The third-order valence-electron chi connectivity index (χ3n) is 2.00. The Hall–Kier alpha value is -0.220. The predicted octanol–water partition coefficient (Wildman–Crippen LogP) is 0.619. The van der Waals surface area contributed by atoms with Gasteiger partial charge in [-0.05, 0) is 14.1 Å². The summed E-state index contributed by atoms with van der Waals surface area (Å²) >= 11 is 4.22. The van der Waals surface area contributed by atoms with E-state index in [0.717, 1.165) is 6.54 Å². The maximum atomic E-state index is 11.4. The van der Waals surface area contributed by atoms with E-state index in [0.29, 0.717) is 6.54 Å². The fraction of sp³-hybridized carbons (Fsp3) is 0.889. The topological polar surface area (TPSA) is 32.3 Å².